The molecule has 0 spiro atoms. The number of halogens is 1. The van der Waals surface area contributed by atoms with Gasteiger partial charge in [0.25, 0.3) is 0 Å². The van der Waals surface area contributed by atoms with E-state index in [1.807, 2.05) is 39.0 Å². The predicted molar refractivity (Wildman–Crippen MR) is 73.9 cm³/mol. The SMILES string of the molecule is CCOC1OC(=O)C(Cl)=C1Nc1ccc(C)c(C)c1. The standard InChI is InChI=1S/C14H16ClNO3/c1-4-18-14-12(11(15)13(17)19-14)16-10-6-5-8(2)9(3)7-10/h5-7,14,16H,4H2,1-3H3. The van der Waals surface area contributed by atoms with Gasteiger partial charge in [0.1, 0.15) is 5.70 Å². The molecule has 0 bridgehead atoms. The molecule has 0 fully saturated rings. The minimum absolute atomic E-state index is 0.0386. The molecule has 4 nitrogen and oxygen atoms in total. The first-order valence-electron chi connectivity index (χ1n) is 6.09. The maximum atomic E-state index is 11.4. The molecule has 1 heterocycles. The van der Waals surface area contributed by atoms with Gasteiger partial charge in [-0.15, -0.1) is 0 Å². The van der Waals surface area contributed by atoms with E-state index in [1.165, 1.54) is 5.56 Å². The summed E-state index contributed by atoms with van der Waals surface area (Å²) in [5.74, 6) is -0.563. The average Bonchev–Trinajstić information content (AvgIpc) is 2.62. The second-order valence-electron chi connectivity index (χ2n) is 4.34. The molecule has 0 amide bonds. The Morgan fingerprint density at radius 1 is 1.37 bits per heavy atom. The molecule has 0 saturated carbocycles. The third-order valence-corrected chi connectivity index (χ3v) is 3.33. The highest BCUT2D eigenvalue weighted by Crippen LogP contribution is 2.28. The topological polar surface area (TPSA) is 47.6 Å². The number of carbonyl (C=O) groups is 1. The Balaban J connectivity index is 2.24. The van der Waals surface area contributed by atoms with Crippen molar-refractivity contribution in [1.82, 2.24) is 0 Å². The largest absolute Gasteiger partial charge is 0.425 e. The minimum atomic E-state index is -0.758. The molecular weight excluding hydrogens is 266 g/mol. The van der Waals surface area contributed by atoms with Crippen molar-refractivity contribution >= 4 is 23.3 Å². The van der Waals surface area contributed by atoms with Crippen LogP contribution < -0.4 is 5.32 Å². The van der Waals surface area contributed by atoms with E-state index in [1.54, 1.807) is 0 Å². The number of rotatable bonds is 4. The van der Waals surface area contributed by atoms with Crippen molar-refractivity contribution in [2.24, 2.45) is 0 Å². The molecule has 5 heteroatoms. The van der Waals surface area contributed by atoms with E-state index >= 15 is 0 Å². The van der Waals surface area contributed by atoms with Gasteiger partial charge in [0, 0.05) is 12.3 Å². The Morgan fingerprint density at radius 2 is 2.11 bits per heavy atom. The number of esters is 1. The number of ether oxygens (including phenoxy) is 2. The molecule has 0 aliphatic carbocycles. The van der Waals surface area contributed by atoms with Crippen molar-refractivity contribution in [2.45, 2.75) is 27.1 Å². The van der Waals surface area contributed by atoms with E-state index in [4.69, 9.17) is 21.1 Å². The molecular formula is C14H16ClNO3. The van der Waals surface area contributed by atoms with Crippen LogP contribution in [0.1, 0.15) is 18.1 Å². The van der Waals surface area contributed by atoms with Crippen LogP contribution in [0.15, 0.2) is 28.9 Å². The van der Waals surface area contributed by atoms with E-state index < -0.39 is 12.3 Å². The maximum absolute atomic E-state index is 11.4. The normalized spacial score (nSPS) is 18.7. The zero-order chi connectivity index (χ0) is 14.0. The first kappa shape index (κ1) is 13.9. The molecule has 0 radical (unpaired) electrons. The summed E-state index contributed by atoms with van der Waals surface area (Å²) in [5.41, 5.74) is 3.65. The molecule has 1 aromatic carbocycles. The zero-order valence-corrected chi connectivity index (χ0v) is 11.9. The summed E-state index contributed by atoms with van der Waals surface area (Å²) in [4.78, 5) is 11.4. The monoisotopic (exact) mass is 281 g/mol. The molecule has 0 aromatic heterocycles. The van der Waals surface area contributed by atoms with Gasteiger partial charge in [0.2, 0.25) is 6.29 Å². The third-order valence-electron chi connectivity index (χ3n) is 2.97. The second-order valence-corrected chi connectivity index (χ2v) is 4.72. The fourth-order valence-electron chi connectivity index (χ4n) is 1.78. The Labute approximate surface area is 117 Å². The quantitative estimate of drug-likeness (QED) is 0.862. The van der Waals surface area contributed by atoms with Crippen LogP contribution in [0.2, 0.25) is 0 Å². The van der Waals surface area contributed by atoms with Gasteiger partial charge < -0.3 is 14.8 Å². The summed E-state index contributed by atoms with van der Waals surface area (Å²) in [7, 11) is 0. The smallest absolute Gasteiger partial charge is 0.354 e. The highest BCUT2D eigenvalue weighted by atomic mass is 35.5. The third kappa shape index (κ3) is 2.91. The highest BCUT2D eigenvalue weighted by Gasteiger charge is 2.34. The van der Waals surface area contributed by atoms with Crippen LogP contribution in [0.3, 0.4) is 0 Å². The summed E-state index contributed by atoms with van der Waals surface area (Å²) < 4.78 is 10.4. The van der Waals surface area contributed by atoms with Crippen molar-refractivity contribution in [3.8, 4) is 0 Å². The molecule has 2 rings (SSSR count). The van der Waals surface area contributed by atoms with Gasteiger partial charge in [-0.05, 0) is 44.0 Å². The number of aryl methyl sites for hydroxylation is 2. The molecule has 0 saturated heterocycles. The molecule has 1 N–H and O–H groups in total. The van der Waals surface area contributed by atoms with E-state index in [9.17, 15) is 4.79 Å². The fraction of sp³-hybridized carbons (Fsp3) is 0.357. The van der Waals surface area contributed by atoms with Gasteiger partial charge in [-0.3, -0.25) is 0 Å². The average molecular weight is 282 g/mol. The van der Waals surface area contributed by atoms with Crippen LogP contribution >= 0.6 is 11.6 Å². The Kier molecular flexibility index (Phi) is 4.12. The molecule has 19 heavy (non-hydrogen) atoms. The molecule has 1 aliphatic rings. The number of benzene rings is 1. The lowest BCUT2D eigenvalue weighted by molar-refractivity contribution is -0.158. The highest BCUT2D eigenvalue weighted by molar-refractivity contribution is 6.42. The fourth-order valence-corrected chi connectivity index (χ4v) is 1.96. The van der Waals surface area contributed by atoms with Crippen LogP contribution in [-0.4, -0.2) is 18.9 Å². The number of nitrogens with one attached hydrogen (secondary N) is 1. The zero-order valence-electron chi connectivity index (χ0n) is 11.1. The summed E-state index contributed by atoms with van der Waals surface area (Å²) in [5, 5.41) is 3.14. The molecule has 1 aliphatic heterocycles. The molecule has 102 valence electrons. The first-order chi connectivity index (χ1) is 9.02. The lowest BCUT2D eigenvalue weighted by atomic mass is 10.1. The lowest BCUT2D eigenvalue weighted by Crippen LogP contribution is -2.20. The van der Waals surface area contributed by atoms with Crippen LogP contribution in [0.25, 0.3) is 0 Å². The van der Waals surface area contributed by atoms with E-state index in [0.717, 1.165) is 11.3 Å². The van der Waals surface area contributed by atoms with Gasteiger partial charge in [-0.2, -0.15) is 0 Å². The predicted octanol–water partition coefficient (Wildman–Crippen LogP) is 3.09. The van der Waals surface area contributed by atoms with Crippen LogP contribution in [-0.2, 0) is 14.3 Å². The van der Waals surface area contributed by atoms with Crippen LogP contribution in [0.5, 0.6) is 0 Å². The van der Waals surface area contributed by atoms with Crippen molar-refractivity contribution in [2.75, 3.05) is 11.9 Å². The van der Waals surface area contributed by atoms with Gasteiger partial charge in [-0.1, -0.05) is 17.7 Å². The molecule has 1 atom stereocenters. The Morgan fingerprint density at radius 3 is 2.74 bits per heavy atom. The van der Waals surface area contributed by atoms with Gasteiger partial charge in [0.05, 0.1) is 0 Å². The van der Waals surface area contributed by atoms with E-state index in [0.29, 0.717) is 12.3 Å². The number of cyclic esters (lactones) is 1. The molecule has 1 aromatic rings. The number of anilines is 1. The summed E-state index contributed by atoms with van der Waals surface area (Å²) in [6, 6.07) is 5.91. The maximum Gasteiger partial charge on any atom is 0.354 e. The van der Waals surface area contributed by atoms with E-state index in [-0.39, 0.29) is 5.03 Å². The van der Waals surface area contributed by atoms with Gasteiger partial charge >= 0.3 is 5.97 Å². The van der Waals surface area contributed by atoms with Crippen LogP contribution in [0, 0.1) is 13.8 Å². The lowest BCUT2D eigenvalue weighted by Gasteiger charge is -2.16. The number of carbonyl (C=O) groups excluding carboxylic acids is 1. The summed E-state index contributed by atoms with van der Waals surface area (Å²) >= 11 is 5.94. The minimum Gasteiger partial charge on any atom is -0.425 e. The Hall–Kier alpha value is -1.52. The second kappa shape index (κ2) is 5.63. The Bertz CT molecular complexity index is 539. The summed E-state index contributed by atoms with van der Waals surface area (Å²) in [6.07, 6.45) is -0.758. The number of hydrogen-bond donors (Lipinski definition) is 1. The van der Waals surface area contributed by atoms with Crippen molar-refractivity contribution < 1.29 is 14.3 Å². The molecule has 1 unspecified atom stereocenters. The van der Waals surface area contributed by atoms with Crippen LogP contribution in [0.4, 0.5) is 5.69 Å². The summed E-state index contributed by atoms with van der Waals surface area (Å²) in [6.45, 7) is 6.32. The van der Waals surface area contributed by atoms with E-state index in [2.05, 4.69) is 5.32 Å². The van der Waals surface area contributed by atoms with Gasteiger partial charge in [-0.25, -0.2) is 4.79 Å². The van der Waals surface area contributed by atoms with Crippen molar-refractivity contribution in [3.63, 3.8) is 0 Å². The first-order valence-corrected chi connectivity index (χ1v) is 6.47. The van der Waals surface area contributed by atoms with Crippen molar-refractivity contribution in [1.29, 1.82) is 0 Å². The van der Waals surface area contributed by atoms with Gasteiger partial charge in [0.15, 0.2) is 5.03 Å². The number of hydrogen-bond acceptors (Lipinski definition) is 4. The van der Waals surface area contributed by atoms with Crippen molar-refractivity contribution in [3.05, 3.63) is 40.1 Å².